The van der Waals surface area contributed by atoms with E-state index in [2.05, 4.69) is 6.58 Å². The van der Waals surface area contributed by atoms with Gasteiger partial charge in [0.15, 0.2) is 5.54 Å². The van der Waals surface area contributed by atoms with Crippen molar-refractivity contribution in [1.82, 2.24) is 4.90 Å². The van der Waals surface area contributed by atoms with E-state index in [9.17, 15) is 14.7 Å². The highest BCUT2D eigenvalue weighted by Crippen LogP contribution is 2.27. The number of carbonyl (C=O) groups is 2. The van der Waals surface area contributed by atoms with E-state index >= 15 is 0 Å². The van der Waals surface area contributed by atoms with Crippen LogP contribution in [0, 0.1) is 0 Å². The lowest BCUT2D eigenvalue weighted by molar-refractivity contribution is -0.177. The van der Waals surface area contributed by atoms with Gasteiger partial charge in [-0.05, 0) is 36.3 Å². The number of aliphatic hydroxyl groups excluding tert-OH is 1. The Morgan fingerprint density at radius 1 is 1.10 bits per heavy atom. The summed E-state index contributed by atoms with van der Waals surface area (Å²) in [5.74, 6) is -0.656. The molecule has 7 heteroatoms. The molecule has 0 fully saturated rings. The monoisotopic (exact) mass is 427 g/mol. The Kier molecular flexibility index (Phi) is 8.78. The fourth-order valence-corrected chi connectivity index (χ4v) is 3.28. The normalized spacial score (nSPS) is 13.5. The molecule has 0 bridgehead atoms. The Labute approximate surface area is 182 Å². The zero-order valence-corrected chi connectivity index (χ0v) is 18.1. The number of ether oxygens (including phenoxy) is 3. The zero-order valence-electron chi connectivity index (χ0n) is 18.1. The van der Waals surface area contributed by atoms with E-state index < -0.39 is 23.5 Å². The van der Waals surface area contributed by atoms with E-state index in [1.165, 1.54) is 18.9 Å². The Morgan fingerprint density at radius 2 is 1.74 bits per heavy atom. The maximum atomic E-state index is 13.0. The van der Waals surface area contributed by atoms with E-state index in [1.54, 1.807) is 31.4 Å². The second-order valence-corrected chi connectivity index (χ2v) is 7.05. The highest BCUT2D eigenvalue weighted by molar-refractivity contribution is 5.94. The Balaban J connectivity index is 2.39. The van der Waals surface area contributed by atoms with Gasteiger partial charge < -0.3 is 24.2 Å². The predicted octanol–water partition coefficient (Wildman–Crippen LogP) is 2.72. The first-order chi connectivity index (χ1) is 14.9. The molecule has 0 saturated carbocycles. The van der Waals surface area contributed by atoms with Crippen LogP contribution in [0.3, 0.4) is 0 Å². The summed E-state index contributed by atoms with van der Waals surface area (Å²) in [5, 5.41) is 10.7. The summed E-state index contributed by atoms with van der Waals surface area (Å²) in [6.07, 6.45) is -0.182. The number of hydrogen-bond acceptors (Lipinski definition) is 6. The molecule has 0 spiro atoms. The lowest BCUT2D eigenvalue weighted by Gasteiger charge is -2.42. The molecule has 0 saturated heterocycles. The quantitative estimate of drug-likeness (QED) is 0.438. The Bertz CT molecular complexity index is 865. The van der Waals surface area contributed by atoms with Gasteiger partial charge in [-0.1, -0.05) is 49.0 Å². The molecule has 2 rings (SSSR count). The number of nitrogens with zero attached hydrogens (tertiary/aromatic N) is 1. The maximum absolute atomic E-state index is 13.0. The summed E-state index contributed by atoms with van der Waals surface area (Å²) < 4.78 is 16.0. The first kappa shape index (κ1) is 24.1. The van der Waals surface area contributed by atoms with Crippen molar-refractivity contribution in [3.05, 3.63) is 78.4 Å². The van der Waals surface area contributed by atoms with Gasteiger partial charge >= 0.3 is 5.97 Å². The van der Waals surface area contributed by atoms with Crippen LogP contribution in [0.25, 0.3) is 0 Å². The van der Waals surface area contributed by atoms with Crippen molar-refractivity contribution in [3.8, 4) is 5.75 Å². The highest BCUT2D eigenvalue weighted by atomic mass is 16.5. The van der Waals surface area contributed by atoms with E-state index in [1.807, 2.05) is 30.3 Å². The average Bonchev–Trinajstić information content (AvgIpc) is 2.80. The third kappa shape index (κ3) is 5.71. The van der Waals surface area contributed by atoms with Crippen molar-refractivity contribution in [3.63, 3.8) is 0 Å². The van der Waals surface area contributed by atoms with Crippen molar-refractivity contribution in [2.24, 2.45) is 0 Å². The van der Waals surface area contributed by atoms with Crippen molar-refractivity contribution >= 4 is 11.9 Å². The van der Waals surface area contributed by atoms with Crippen LogP contribution in [-0.2, 0) is 32.2 Å². The summed E-state index contributed by atoms with van der Waals surface area (Å²) in [6, 6.07) is 16.4. The lowest BCUT2D eigenvalue weighted by atomic mass is 9.90. The number of hydrogen-bond donors (Lipinski definition) is 1. The van der Waals surface area contributed by atoms with Gasteiger partial charge in [0.1, 0.15) is 5.75 Å². The topological polar surface area (TPSA) is 85.3 Å². The van der Waals surface area contributed by atoms with Crippen LogP contribution < -0.4 is 4.74 Å². The zero-order chi connectivity index (χ0) is 22.9. The predicted molar refractivity (Wildman–Crippen MR) is 116 cm³/mol. The molecular formula is C24H29NO6. The third-order valence-corrected chi connectivity index (χ3v) is 5.09. The lowest BCUT2D eigenvalue weighted by Crippen LogP contribution is -2.65. The molecule has 2 atom stereocenters. The summed E-state index contributed by atoms with van der Waals surface area (Å²) in [5.41, 5.74) is -0.147. The summed E-state index contributed by atoms with van der Waals surface area (Å²) >= 11 is 0. The van der Waals surface area contributed by atoms with E-state index in [4.69, 9.17) is 14.2 Å². The van der Waals surface area contributed by atoms with Crippen LogP contribution in [-0.4, -0.2) is 54.4 Å². The second kappa shape index (κ2) is 11.3. The third-order valence-electron chi connectivity index (χ3n) is 5.09. The number of carbonyl (C=O) groups excluding carboxylic acids is 2. The van der Waals surface area contributed by atoms with Gasteiger partial charge in [0.2, 0.25) is 5.91 Å². The van der Waals surface area contributed by atoms with Crippen molar-refractivity contribution in [1.29, 1.82) is 0 Å². The molecule has 166 valence electrons. The first-order valence-electron chi connectivity index (χ1n) is 9.84. The molecule has 1 N–H and O–H groups in total. The summed E-state index contributed by atoms with van der Waals surface area (Å²) in [7, 11) is 2.77. The van der Waals surface area contributed by atoms with Gasteiger partial charge in [0, 0.05) is 6.54 Å². The molecule has 0 heterocycles. The van der Waals surface area contributed by atoms with Gasteiger partial charge in [0.05, 0.1) is 33.5 Å². The number of methoxy groups -OCH3 is 2. The van der Waals surface area contributed by atoms with E-state index in [0.717, 1.165) is 17.2 Å². The van der Waals surface area contributed by atoms with Gasteiger partial charge in [-0.2, -0.15) is 0 Å². The molecule has 7 nitrogen and oxygen atoms in total. The molecule has 0 aliphatic rings. The summed E-state index contributed by atoms with van der Waals surface area (Å²) in [6.45, 7) is 4.95. The van der Waals surface area contributed by atoms with Crippen LogP contribution >= 0.6 is 0 Å². The highest BCUT2D eigenvalue weighted by Gasteiger charge is 2.51. The minimum atomic E-state index is -1.77. The molecule has 0 radical (unpaired) electrons. The number of esters is 1. The first-order valence-corrected chi connectivity index (χ1v) is 9.84. The minimum Gasteiger partial charge on any atom is -0.497 e. The van der Waals surface area contributed by atoms with Gasteiger partial charge in [0.25, 0.3) is 0 Å². The fourth-order valence-electron chi connectivity index (χ4n) is 3.28. The van der Waals surface area contributed by atoms with Crippen LogP contribution in [0.4, 0.5) is 0 Å². The van der Waals surface area contributed by atoms with Crippen LogP contribution in [0.5, 0.6) is 5.75 Å². The summed E-state index contributed by atoms with van der Waals surface area (Å²) in [4.78, 5) is 27.1. The van der Waals surface area contributed by atoms with Gasteiger partial charge in [-0.3, -0.25) is 4.79 Å². The number of benzene rings is 2. The molecule has 2 aromatic carbocycles. The Morgan fingerprint density at radius 3 is 2.26 bits per heavy atom. The Hall–Kier alpha value is -3.16. The minimum absolute atomic E-state index is 0.0313. The number of amides is 1. The average molecular weight is 427 g/mol. The number of rotatable bonds is 11. The van der Waals surface area contributed by atoms with E-state index in [-0.39, 0.29) is 19.8 Å². The maximum Gasteiger partial charge on any atom is 0.336 e. The van der Waals surface area contributed by atoms with E-state index in [0.29, 0.717) is 5.75 Å². The molecule has 2 aromatic rings. The number of aliphatic hydroxyl groups is 1. The molecule has 31 heavy (non-hydrogen) atoms. The molecule has 0 aliphatic heterocycles. The van der Waals surface area contributed by atoms with Crippen molar-refractivity contribution in [2.45, 2.75) is 31.7 Å². The van der Waals surface area contributed by atoms with Crippen LogP contribution in [0.1, 0.15) is 18.1 Å². The molecular weight excluding hydrogens is 398 g/mol. The smallest absolute Gasteiger partial charge is 0.336 e. The standard InChI is InChI=1S/C24H29NO6/c1-5-22(27)25(15-19-11-13-21(29-3)14-12-19)24(18(2)26,23(28)30-4)17-31-16-20-9-7-6-8-10-20/h5-14,18,26H,1,15-17H2,2-4H3. The van der Waals surface area contributed by atoms with Gasteiger partial charge in [-0.25, -0.2) is 4.79 Å². The second-order valence-electron chi connectivity index (χ2n) is 7.05. The SMILES string of the molecule is C=CC(=O)N(Cc1ccc(OC)cc1)C(COCc1ccccc1)(C(=O)OC)C(C)O. The largest absolute Gasteiger partial charge is 0.497 e. The molecule has 2 unspecified atom stereocenters. The molecule has 0 aromatic heterocycles. The van der Waals surface area contributed by atoms with Crippen molar-refractivity contribution < 1.29 is 28.9 Å². The molecule has 1 amide bonds. The molecule has 0 aliphatic carbocycles. The van der Waals surface area contributed by atoms with Gasteiger partial charge in [-0.15, -0.1) is 0 Å². The van der Waals surface area contributed by atoms with Crippen molar-refractivity contribution in [2.75, 3.05) is 20.8 Å². The van der Waals surface area contributed by atoms with Crippen LogP contribution in [0.2, 0.25) is 0 Å². The van der Waals surface area contributed by atoms with Crippen LogP contribution in [0.15, 0.2) is 67.3 Å². The fraction of sp³-hybridized carbons (Fsp3) is 0.333.